The Labute approximate surface area is 242 Å². The number of sulfonamides is 1. The van der Waals surface area contributed by atoms with Crippen LogP contribution in [0, 0.1) is 13.8 Å². The van der Waals surface area contributed by atoms with Crippen molar-refractivity contribution in [1.29, 1.82) is 0 Å². The number of benzene rings is 2. The Morgan fingerprint density at radius 3 is 2.26 bits per heavy atom. The number of aryl methyl sites for hydroxylation is 2. The Morgan fingerprint density at radius 2 is 1.69 bits per heavy atom. The van der Waals surface area contributed by atoms with Crippen LogP contribution in [0.2, 0.25) is 10.0 Å². The molecule has 0 spiro atoms. The number of anilines is 1. The lowest BCUT2D eigenvalue weighted by atomic mass is 10.1. The lowest BCUT2D eigenvalue weighted by Gasteiger charge is -2.32. The molecule has 39 heavy (non-hydrogen) atoms. The summed E-state index contributed by atoms with van der Waals surface area (Å²) in [6.07, 6.45) is 5.96. The van der Waals surface area contributed by atoms with Gasteiger partial charge in [-0.25, -0.2) is 8.42 Å². The minimum atomic E-state index is -3.56. The van der Waals surface area contributed by atoms with Gasteiger partial charge in [0.2, 0.25) is 21.8 Å². The van der Waals surface area contributed by atoms with E-state index in [0.29, 0.717) is 27.7 Å². The van der Waals surface area contributed by atoms with E-state index in [1.54, 1.807) is 24.3 Å². The lowest BCUT2D eigenvalue weighted by molar-refractivity contribution is -0.141. The molecule has 2 aromatic carbocycles. The molecule has 0 heterocycles. The molecule has 1 unspecified atom stereocenters. The second-order valence-corrected chi connectivity index (χ2v) is 13.1. The Kier molecular flexibility index (Phi) is 11.1. The number of nitrogens with zero attached hydrogens (tertiary/aromatic N) is 2. The Bertz CT molecular complexity index is 1260. The minimum absolute atomic E-state index is 0.0617. The summed E-state index contributed by atoms with van der Waals surface area (Å²) in [7, 11) is -3.56. The molecule has 1 saturated carbocycles. The van der Waals surface area contributed by atoms with Crippen molar-refractivity contribution in [2.24, 2.45) is 0 Å². The quantitative estimate of drug-likeness (QED) is 0.325. The standard InChI is InChI=1S/C29H39Cl2N3O4S/c1-5-27(29(36)32-22-10-6-7-11-22)33(19-24-25(30)12-8-13-26(24)31)28(35)14-9-17-34(39(4,37)38)23-16-15-20(2)21(3)18-23/h8,12-13,15-16,18,22,27H,5-7,9-11,14,17,19H2,1-4H3,(H,32,36). The zero-order valence-electron chi connectivity index (χ0n) is 23.2. The first-order valence-corrected chi connectivity index (χ1v) is 16.1. The van der Waals surface area contributed by atoms with Crippen LogP contribution < -0.4 is 9.62 Å². The second kappa shape index (κ2) is 13.9. The van der Waals surface area contributed by atoms with E-state index in [9.17, 15) is 18.0 Å². The molecule has 2 amide bonds. The minimum Gasteiger partial charge on any atom is -0.352 e. The molecule has 0 radical (unpaired) electrons. The van der Waals surface area contributed by atoms with E-state index in [-0.39, 0.29) is 43.8 Å². The van der Waals surface area contributed by atoms with E-state index in [2.05, 4.69) is 5.32 Å². The first kappa shape index (κ1) is 31.2. The van der Waals surface area contributed by atoms with Gasteiger partial charge in [0.1, 0.15) is 6.04 Å². The van der Waals surface area contributed by atoms with Gasteiger partial charge in [-0.15, -0.1) is 0 Å². The topological polar surface area (TPSA) is 86.8 Å². The third kappa shape index (κ3) is 8.35. The number of hydrogen-bond acceptors (Lipinski definition) is 4. The molecule has 1 aliphatic carbocycles. The SMILES string of the molecule is CCC(C(=O)NC1CCCC1)N(Cc1c(Cl)cccc1Cl)C(=O)CCCN(c1ccc(C)c(C)c1)S(C)(=O)=O. The average Bonchev–Trinajstić information content (AvgIpc) is 3.37. The number of carbonyl (C=O) groups excluding carboxylic acids is 2. The molecule has 10 heteroatoms. The van der Waals surface area contributed by atoms with Crippen molar-refractivity contribution in [2.75, 3.05) is 17.1 Å². The largest absolute Gasteiger partial charge is 0.352 e. The van der Waals surface area contributed by atoms with Crippen molar-refractivity contribution in [1.82, 2.24) is 10.2 Å². The van der Waals surface area contributed by atoms with Crippen molar-refractivity contribution in [2.45, 2.75) is 84.3 Å². The maximum Gasteiger partial charge on any atom is 0.243 e. The van der Waals surface area contributed by atoms with Crippen molar-refractivity contribution < 1.29 is 18.0 Å². The van der Waals surface area contributed by atoms with Gasteiger partial charge < -0.3 is 10.2 Å². The number of hydrogen-bond donors (Lipinski definition) is 1. The fourth-order valence-electron chi connectivity index (χ4n) is 5.03. The highest BCUT2D eigenvalue weighted by atomic mass is 35.5. The van der Waals surface area contributed by atoms with Gasteiger partial charge in [0.15, 0.2) is 0 Å². The number of halogens is 2. The summed E-state index contributed by atoms with van der Waals surface area (Å²) < 4.78 is 26.5. The van der Waals surface area contributed by atoms with Crippen LogP contribution in [0.15, 0.2) is 36.4 Å². The van der Waals surface area contributed by atoms with Gasteiger partial charge in [0, 0.05) is 41.2 Å². The molecular formula is C29H39Cl2N3O4S. The summed E-state index contributed by atoms with van der Waals surface area (Å²) in [5.41, 5.74) is 3.20. The van der Waals surface area contributed by atoms with Crippen molar-refractivity contribution in [3.05, 3.63) is 63.1 Å². The van der Waals surface area contributed by atoms with Crippen LogP contribution >= 0.6 is 23.2 Å². The van der Waals surface area contributed by atoms with E-state index in [1.165, 1.54) is 9.21 Å². The number of nitrogens with one attached hydrogen (secondary N) is 1. The van der Waals surface area contributed by atoms with Gasteiger partial charge in [-0.3, -0.25) is 13.9 Å². The normalized spacial score (nSPS) is 14.7. The predicted molar refractivity (Wildman–Crippen MR) is 159 cm³/mol. The average molecular weight is 597 g/mol. The molecule has 3 rings (SSSR count). The number of amides is 2. The van der Waals surface area contributed by atoms with Crippen LogP contribution in [0.5, 0.6) is 0 Å². The van der Waals surface area contributed by atoms with E-state index < -0.39 is 16.1 Å². The summed E-state index contributed by atoms with van der Waals surface area (Å²) in [6, 6.07) is 10.1. The van der Waals surface area contributed by atoms with Crippen LogP contribution in [0.3, 0.4) is 0 Å². The van der Waals surface area contributed by atoms with E-state index in [4.69, 9.17) is 23.2 Å². The molecule has 214 valence electrons. The number of rotatable bonds is 12. The molecule has 0 bridgehead atoms. The Balaban J connectivity index is 1.81. The zero-order valence-corrected chi connectivity index (χ0v) is 25.5. The van der Waals surface area contributed by atoms with Crippen molar-refractivity contribution in [3.8, 4) is 0 Å². The fourth-order valence-corrected chi connectivity index (χ4v) is 6.50. The lowest BCUT2D eigenvalue weighted by Crippen LogP contribution is -2.51. The third-order valence-corrected chi connectivity index (χ3v) is 9.31. The van der Waals surface area contributed by atoms with Crippen LogP contribution in [-0.4, -0.2) is 50.0 Å². The van der Waals surface area contributed by atoms with Gasteiger partial charge in [0.05, 0.1) is 11.9 Å². The molecule has 0 saturated heterocycles. The van der Waals surface area contributed by atoms with Crippen LogP contribution in [0.4, 0.5) is 5.69 Å². The van der Waals surface area contributed by atoms with E-state index >= 15 is 0 Å². The van der Waals surface area contributed by atoms with Crippen LogP contribution in [0.25, 0.3) is 0 Å². The fraction of sp³-hybridized carbons (Fsp3) is 0.517. The highest BCUT2D eigenvalue weighted by molar-refractivity contribution is 7.92. The Hall–Kier alpha value is -2.29. The summed E-state index contributed by atoms with van der Waals surface area (Å²) in [4.78, 5) is 28.5. The van der Waals surface area contributed by atoms with Crippen LogP contribution in [0.1, 0.15) is 68.6 Å². The number of carbonyl (C=O) groups is 2. The summed E-state index contributed by atoms with van der Waals surface area (Å²) in [6.45, 7) is 6.00. The van der Waals surface area contributed by atoms with Gasteiger partial charge in [0.25, 0.3) is 0 Å². The van der Waals surface area contributed by atoms with E-state index in [0.717, 1.165) is 43.1 Å². The zero-order chi connectivity index (χ0) is 28.7. The highest BCUT2D eigenvalue weighted by Gasteiger charge is 2.31. The summed E-state index contributed by atoms with van der Waals surface area (Å²) in [5.74, 6) is -0.443. The molecular weight excluding hydrogens is 557 g/mol. The second-order valence-electron chi connectivity index (χ2n) is 10.3. The molecule has 1 fully saturated rings. The maximum absolute atomic E-state index is 13.7. The molecule has 0 aromatic heterocycles. The van der Waals surface area contributed by atoms with E-state index in [1.807, 2.05) is 32.9 Å². The maximum atomic E-state index is 13.7. The van der Waals surface area contributed by atoms with Gasteiger partial charge in [-0.1, -0.05) is 55.1 Å². The first-order valence-electron chi connectivity index (χ1n) is 13.5. The van der Waals surface area contributed by atoms with Gasteiger partial charge >= 0.3 is 0 Å². The monoisotopic (exact) mass is 595 g/mol. The third-order valence-electron chi connectivity index (χ3n) is 7.41. The molecule has 1 N–H and O–H groups in total. The molecule has 0 aliphatic heterocycles. The smallest absolute Gasteiger partial charge is 0.243 e. The molecule has 1 aliphatic rings. The predicted octanol–water partition coefficient (Wildman–Crippen LogP) is 6.02. The Morgan fingerprint density at radius 1 is 1.05 bits per heavy atom. The van der Waals surface area contributed by atoms with Crippen molar-refractivity contribution in [3.63, 3.8) is 0 Å². The highest BCUT2D eigenvalue weighted by Crippen LogP contribution is 2.28. The van der Waals surface area contributed by atoms with Gasteiger partial charge in [-0.2, -0.15) is 0 Å². The van der Waals surface area contributed by atoms with Crippen LogP contribution in [-0.2, 0) is 26.2 Å². The summed E-state index contributed by atoms with van der Waals surface area (Å²) >= 11 is 12.9. The van der Waals surface area contributed by atoms with Crippen molar-refractivity contribution >= 4 is 50.7 Å². The molecule has 2 aromatic rings. The van der Waals surface area contributed by atoms with Gasteiger partial charge in [-0.05, 0) is 74.9 Å². The molecule has 1 atom stereocenters. The summed E-state index contributed by atoms with van der Waals surface area (Å²) in [5, 5.41) is 3.96. The molecule has 7 nitrogen and oxygen atoms in total. The first-order chi connectivity index (χ1) is 18.4.